The van der Waals surface area contributed by atoms with Gasteiger partial charge in [0.1, 0.15) is 5.69 Å². The Hall–Kier alpha value is -2.63. The highest BCUT2D eigenvalue weighted by Crippen LogP contribution is 2.45. The third-order valence-corrected chi connectivity index (χ3v) is 5.79. The summed E-state index contributed by atoms with van der Waals surface area (Å²) in [4.78, 5) is 27.6. The molecule has 0 spiro atoms. The maximum absolute atomic E-state index is 13.5. The standard InChI is InChI=1S/C20H24N4O2/c1-20-13-16(14-7-4-3-5-8-14)24(17(20)9-6-10-18(25)22-20)19(26)15-11-12-21-23(15)2/h3-5,7-8,11-12,16-17H,6,9-10,13H2,1-2H3,(H,22,25)/t16-,17-,20-/m0/s1. The molecule has 0 saturated carbocycles. The van der Waals surface area contributed by atoms with Crippen molar-refractivity contribution in [1.29, 1.82) is 0 Å². The topological polar surface area (TPSA) is 67.2 Å². The second-order valence-electron chi connectivity index (χ2n) is 7.56. The third kappa shape index (κ3) is 2.69. The number of carbonyl (C=O) groups excluding carboxylic acids is 2. The van der Waals surface area contributed by atoms with Gasteiger partial charge in [-0.2, -0.15) is 5.10 Å². The predicted octanol–water partition coefficient (Wildman–Crippen LogP) is 2.43. The molecule has 1 aromatic carbocycles. The number of hydrogen-bond acceptors (Lipinski definition) is 3. The predicted molar refractivity (Wildman–Crippen MR) is 97.4 cm³/mol. The second kappa shape index (κ2) is 6.27. The summed E-state index contributed by atoms with van der Waals surface area (Å²) in [6.45, 7) is 2.08. The number of aromatic nitrogens is 2. The average Bonchev–Trinajstić information content (AvgIpc) is 3.13. The van der Waals surface area contributed by atoms with Gasteiger partial charge in [-0.25, -0.2) is 0 Å². The molecular formula is C20H24N4O2. The molecule has 6 heteroatoms. The molecule has 0 aliphatic carbocycles. The summed E-state index contributed by atoms with van der Waals surface area (Å²) < 4.78 is 1.62. The molecule has 4 rings (SSSR count). The van der Waals surface area contributed by atoms with Crippen molar-refractivity contribution in [3.05, 3.63) is 53.9 Å². The Labute approximate surface area is 153 Å². The number of aryl methyl sites for hydroxylation is 1. The van der Waals surface area contributed by atoms with Gasteiger partial charge in [-0.05, 0) is 37.8 Å². The van der Waals surface area contributed by atoms with Crippen LogP contribution in [0.3, 0.4) is 0 Å². The summed E-state index contributed by atoms with van der Waals surface area (Å²) in [7, 11) is 1.79. The number of hydrogen-bond donors (Lipinski definition) is 1. The molecule has 6 nitrogen and oxygen atoms in total. The Bertz CT molecular complexity index is 831. The molecule has 2 aliphatic rings. The normalized spacial score (nSPS) is 28.4. The fraction of sp³-hybridized carbons (Fsp3) is 0.450. The first-order valence-electron chi connectivity index (χ1n) is 9.16. The molecule has 26 heavy (non-hydrogen) atoms. The Balaban J connectivity index is 1.79. The number of benzene rings is 1. The fourth-order valence-electron chi connectivity index (χ4n) is 4.54. The molecule has 0 bridgehead atoms. The van der Waals surface area contributed by atoms with Crippen molar-refractivity contribution in [3.8, 4) is 0 Å². The molecular weight excluding hydrogens is 328 g/mol. The van der Waals surface area contributed by atoms with Crippen molar-refractivity contribution in [2.75, 3.05) is 0 Å². The zero-order valence-corrected chi connectivity index (χ0v) is 15.2. The number of rotatable bonds is 2. The van der Waals surface area contributed by atoms with Gasteiger partial charge in [-0.1, -0.05) is 30.3 Å². The largest absolute Gasteiger partial charge is 0.349 e. The molecule has 3 atom stereocenters. The molecule has 2 fully saturated rings. The summed E-state index contributed by atoms with van der Waals surface area (Å²) in [5.41, 5.74) is 1.26. The lowest BCUT2D eigenvalue weighted by Gasteiger charge is -2.35. The summed E-state index contributed by atoms with van der Waals surface area (Å²) in [5, 5.41) is 7.36. The summed E-state index contributed by atoms with van der Waals surface area (Å²) in [5.74, 6) is 0.0559. The lowest BCUT2D eigenvalue weighted by Crippen LogP contribution is -2.54. The first-order valence-corrected chi connectivity index (χ1v) is 9.16. The number of nitrogens with one attached hydrogen (secondary N) is 1. The van der Waals surface area contributed by atoms with Crippen LogP contribution >= 0.6 is 0 Å². The number of nitrogens with zero attached hydrogens (tertiary/aromatic N) is 3. The monoisotopic (exact) mass is 352 g/mol. The second-order valence-corrected chi connectivity index (χ2v) is 7.56. The molecule has 2 aliphatic heterocycles. The Morgan fingerprint density at radius 1 is 1.27 bits per heavy atom. The molecule has 2 amide bonds. The van der Waals surface area contributed by atoms with E-state index in [4.69, 9.17) is 0 Å². The Morgan fingerprint density at radius 3 is 2.73 bits per heavy atom. The van der Waals surface area contributed by atoms with Gasteiger partial charge in [0.05, 0.1) is 17.6 Å². The van der Waals surface area contributed by atoms with Crippen molar-refractivity contribution in [1.82, 2.24) is 20.0 Å². The smallest absolute Gasteiger partial charge is 0.272 e. The zero-order chi connectivity index (χ0) is 18.3. The Kier molecular flexibility index (Phi) is 4.05. The van der Waals surface area contributed by atoms with Crippen LogP contribution in [-0.2, 0) is 11.8 Å². The average molecular weight is 352 g/mol. The molecule has 0 radical (unpaired) electrons. The van der Waals surface area contributed by atoms with Crippen LogP contribution in [0.5, 0.6) is 0 Å². The highest BCUT2D eigenvalue weighted by atomic mass is 16.2. The highest BCUT2D eigenvalue weighted by molar-refractivity contribution is 5.93. The minimum atomic E-state index is -0.414. The summed E-state index contributed by atoms with van der Waals surface area (Å²) >= 11 is 0. The van der Waals surface area contributed by atoms with Gasteiger partial charge >= 0.3 is 0 Å². The molecule has 1 N–H and O–H groups in total. The SMILES string of the molecule is Cn1nccc1C(=O)N1[C@H]2CCCC(=O)N[C@@]2(C)C[C@H]1c1ccccc1. The number of amides is 2. The molecule has 2 saturated heterocycles. The van der Waals surface area contributed by atoms with E-state index in [1.807, 2.05) is 23.1 Å². The van der Waals surface area contributed by atoms with E-state index < -0.39 is 5.54 Å². The molecule has 3 heterocycles. The van der Waals surface area contributed by atoms with Gasteiger partial charge in [-0.3, -0.25) is 14.3 Å². The van der Waals surface area contributed by atoms with Gasteiger partial charge in [-0.15, -0.1) is 0 Å². The van der Waals surface area contributed by atoms with Gasteiger partial charge in [0.15, 0.2) is 0 Å². The van der Waals surface area contributed by atoms with Crippen molar-refractivity contribution in [2.24, 2.45) is 7.05 Å². The number of likely N-dealkylation sites (tertiary alicyclic amines) is 1. The highest BCUT2D eigenvalue weighted by Gasteiger charge is 2.53. The van der Waals surface area contributed by atoms with Crippen LogP contribution in [0.1, 0.15) is 54.7 Å². The first kappa shape index (κ1) is 16.8. The fourth-order valence-corrected chi connectivity index (χ4v) is 4.54. The van der Waals surface area contributed by atoms with E-state index >= 15 is 0 Å². The molecule has 136 valence electrons. The lowest BCUT2D eigenvalue weighted by atomic mass is 9.88. The minimum absolute atomic E-state index is 0.0243. The van der Waals surface area contributed by atoms with E-state index in [1.54, 1.807) is 24.0 Å². The van der Waals surface area contributed by atoms with Gasteiger partial charge in [0.25, 0.3) is 5.91 Å². The van der Waals surface area contributed by atoms with Gasteiger partial charge < -0.3 is 10.2 Å². The van der Waals surface area contributed by atoms with Gasteiger partial charge in [0.2, 0.25) is 5.91 Å². The Morgan fingerprint density at radius 2 is 2.04 bits per heavy atom. The summed E-state index contributed by atoms with van der Waals surface area (Å²) in [6.07, 6.45) is 4.51. The maximum atomic E-state index is 13.5. The first-order chi connectivity index (χ1) is 12.5. The molecule has 0 unspecified atom stereocenters. The van der Waals surface area contributed by atoms with Crippen LogP contribution in [-0.4, -0.2) is 38.1 Å². The van der Waals surface area contributed by atoms with E-state index in [0.717, 1.165) is 24.8 Å². The summed E-state index contributed by atoms with van der Waals surface area (Å²) in [6, 6.07) is 11.8. The quantitative estimate of drug-likeness (QED) is 0.903. The van der Waals surface area contributed by atoms with Crippen LogP contribution in [0.2, 0.25) is 0 Å². The van der Waals surface area contributed by atoms with Crippen molar-refractivity contribution in [3.63, 3.8) is 0 Å². The van der Waals surface area contributed by atoms with Crippen molar-refractivity contribution >= 4 is 11.8 Å². The van der Waals surface area contributed by atoms with Crippen molar-refractivity contribution in [2.45, 2.75) is 50.2 Å². The van der Waals surface area contributed by atoms with Crippen LogP contribution in [0.4, 0.5) is 0 Å². The molecule has 1 aromatic heterocycles. The third-order valence-electron chi connectivity index (χ3n) is 5.79. The minimum Gasteiger partial charge on any atom is -0.349 e. The van der Waals surface area contributed by atoms with Crippen molar-refractivity contribution < 1.29 is 9.59 Å². The van der Waals surface area contributed by atoms with E-state index in [0.29, 0.717) is 12.1 Å². The van der Waals surface area contributed by atoms with Crippen LogP contribution in [0.25, 0.3) is 0 Å². The van der Waals surface area contributed by atoms with Crippen LogP contribution in [0.15, 0.2) is 42.6 Å². The van der Waals surface area contributed by atoms with E-state index in [2.05, 4.69) is 29.5 Å². The van der Waals surface area contributed by atoms with Crippen LogP contribution < -0.4 is 5.32 Å². The number of fused-ring (bicyclic) bond motifs is 1. The number of carbonyl (C=O) groups is 2. The zero-order valence-electron chi connectivity index (χ0n) is 15.2. The van der Waals surface area contributed by atoms with E-state index in [1.165, 1.54) is 0 Å². The maximum Gasteiger partial charge on any atom is 0.272 e. The van der Waals surface area contributed by atoms with Gasteiger partial charge in [0, 0.05) is 19.7 Å². The lowest BCUT2D eigenvalue weighted by molar-refractivity contribution is -0.122. The van der Waals surface area contributed by atoms with E-state index in [9.17, 15) is 9.59 Å². The van der Waals surface area contributed by atoms with Crippen LogP contribution in [0, 0.1) is 0 Å². The molecule has 2 aromatic rings. The van der Waals surface area contributed by atoms with E-state index in [-0.39, 0.29) is 23.9 Å².